The molecule has 0 aromatic carbocycles. The van der Waals surface area contributed by atoms with Crippen molar-refractivity contribution in [3.8, 4) is 0 Å². The highest BCUT2D eigenvalue weighted by atomic mass is 16.5. The molecule has 0 aromatic heterocycles. The van der Waals surface area contributed by atoms with Crippen molar-refractivity contribution in [3.05, 3.63) is 0 Å². The first-order chi connectivity index (χ1) is 4.70. The summed E-state index contributed by atoms with van der Waals surface area (Å²) >= 11 is 0. The average molecular weight is 144 g/mol. The lowest BCUT2D eigenvalue weighted by atomic mass is 9.83. The van der Waals surface area contributed by atoms with Gasteiger partial charge < -0.3 is 9.84 Å². The van der Waals surface area contributed by atoms with E-state index in [9.17, 15) is 0 Å². The molecule has 2 heteroatoms. The Balaban J connectivity index is 2.03. The molecular weight excluding hydrogens is 128 g/mol. The summed E-state index contributed by atoms with van der Waals surface area (Å²) in [5.41, 5.74) is 0. The van der Waals surface area contributed by atoms with Crippen molar-refractivity contribution in [1.29, 1.82) is 0 Å². The molecule has 2 nitrogen and oxygen atoms in total. The fraction of sp³-hybridized carbons (Fsp3) is 1.00. The summed E-state index contributed by atoms with van der Waals surface area (Å²) in [6, 6.07) is 0. The first kappa shape index (κ1) is 8.02. The molecule has 0 radical (unpaired) electrons. The fourth-order valence-corrected chi connectivity index (χ4v) is 1.06. The second-order valence-corrected chi connectivity index (χ2v) is 3.29. The van der Waals surface area contributed by atoms with Crippen LogP contribution >= 0.6 is 0 Å². The molecule has 0 amide bonds. The summed E-state index contributed by atoms with van der Waals surface area (Å²) in [4.78, 5) is 0. The third kappa shape index (κ3) is 1.96. The maximum atomic E-state index is 9.14. The van der Waals surface area contributed by atoms with Crippen LogP contribution in [0, 0.1) is 5.92 Å². The van der Waals surface area contributed by atoms with Crippen molar-refractivity contribution in [2.24, 2.45) is 5.92 Å². The standard InChI is InChI=1S/C8H16O2/c1-6(2)10-5-7-3-4-8(7)9/h6-9H,3-5H2,1-2H3. The summed E-state index contributed by atoms with van der Waals surface area (Å²) in [6.07, 6.45) is 2.31. The van der Waals surface area contributed by atoms with E-state index in [1.165, 1.54) is 0 Å². The molecule has 1 saturated carbocycles. The van der Waals surface area contributed by atoms with Gasteiger partial charge in [0.05, 0.1) is 18.8 Å². The Morgan fingerprint density at radius 2 is 2.20 bits per heavy atom. The summed E-state index contributed by atoms with van der Waals surface area (Å²) in [6.45, 7) is 4.77. The van der Waals surface area contributed by atoms with Crippen LogP contribution in [0.1, 0.15) is 26.7 Å². The van der Waals surface area contributed by atoms with Gasteiger partial charge in [-0.05, 0) is 26.7 Å². The third-order valence-corrected chi connectivity index (χ3v) is 2.02. The van der Waals surface area contributed by atoms with Crippen LogP contribution in [-0.2, 0) is 4.74 Å². The van der Waals surface area contributed by atoms with Crippen LogP contribution in [0.15, 0.2) is 0 Å². The predicted octanol–water partition coefficient (Wildman–Crippen LogP) is 1.18. The van der Waals surface area contributed by atoms with E-state index in [1.54, 1.807) is 0 Å². The zero-order chi connectivity index (χ0) is 7.56. The van der Waals surface area contributed by atoms with Crippen molar-refractivity contribution < 1.29 is 9.84 Å². The van der Waals surface area contributed by atoms with Crippen LogP contribution in [0.2, 0.25) is 0 Å². The average Bonchev–Trinajstić information content (AvgIpc) is 1.84. The number of hydrogen-bond acceptors (Lipinski definition) is 2. The third-order valence-electron chi connectivity index (χ3n) is 2.02. The largest absolute Gasteiger partial charge is 0.393 e. The van der Waals surface area contributed by atoms with Crippen molar-refractivity contribution >= 4 is 0 Å². The quantitative estimate of drug-likeness (QED) is 0.644. The Morgan fingerprint density at radius 3 is 2.50 bits per heavy atom. The smallest absolute Gasteiger partial charge is 0.0590 e. The van der Waals surface area contributed by atoms with Gasteiger partial charge in [0, 0.05) is 5.92 Å². The highest BCUT2D eigenvalue weighted by Crippen LogP contribution is 2.27. The van der Waals surface area contributed by atoms with Gasteiger partial charge in [0.2, 0.25) is 0 Å². The molecule has 0 aromatic rings. The van der Waals surface area contributed by atoms with Gasteiger partial charge in [-0.25, -0.2) is 0 Å². The zero-order valence-electron chi connectivity index (χ0n) is 6.71. The van der Waals surface area contributed by atoms with E-state index in [-0.39, 0.29) is 6.10 Å². The predicted molar refractivity (Wildman–Crippen MR) is 39.8 cm³/mol. The molecule has 0 bridgehead atoms. The molecule has 0 heterocycles. The molecule has 0 saturated heterocycles. The lowest BCUT2D eigenvalue weighted by molar-refractivity contribution is -0.0464. The molecule has 1 rings (SSSR count). The lowest BCUT2D eigenvalue weighted by Crippen LogP contribution is -2.35. The Morgan fingerprint density at radius 1 is 1.50 bits per heavy atom. The van der Waals surface area contributed by atoms with Crippen LogP contribution in [0.4, 0.5) is 0 Å². The van der Waals surface area contributed by atoms with Crippen molar-refractivity contribution in [2.45, 2.75) is 38.9 Å². The zero-order valence-corrected chi connectivity index (χ0v) is 6.71. The van der Waals surface area contributed by atoms with Crippen LogP contribution < -0.4 is 0 Å². The lowest BCUT2D eigenvalue weighted by Gasteiger charge is -2.32. The maximum Gasteiger partial charge on any atom is 0.0590 e. The minimum Gasteiger partial charge on any atom is -0.393 e. The van der Waals surface area contributed by atoms with Crippen molar-refractivity contribution in [1.82, 2.24) is 0 Å². The van der Waals surface area contributed by atoms with Crippen LogP contribution in [-0.4, -0.2) is 23.9 Å². The molecule has 2 atom stereocenters. The van der Waals surface area contributed by atoms with Gasteiger partial charge in [0.15, 0.2) is 0 Å². The SMILES string of the molecule is CC(C)OCC1CCC1O. The van der Waals surface area contributed by atoms with Crippen LogP contribution in [0.3, 0.4) is 0 Å². The van der Waals surface area contributed by atoms with E-state index in [1.807, 2.05) is 13.8 Å². The molecule has 1 aliphatic carbocycles. The first-order valence-electron chi connectivity index (χ1n) is 4.00. The molecule has 0 spiro atoms. The molecule has 2 unspecified atom stereocenters. The van der Waals surface area contributed by atoms with Gasteiger partial charge in [-0.1, -0.05) is 0 Å². The molecule has 1 aliphatic rings. The fourth-order valence-electron chi connectivity index (χ4n) is 1.06. The highest BCUT2D eigenvalue weighted by molar-refractivity contribution is 4.79. The van der Waals surface area contributed by atoms with E-state index in [4.69, 9.17) is 9.84 Å². The number of hydrogen-bond donors (Lipinski definition) is 1. The van der Waals surface area contributed by atoms with Crippen LogP contribution in [0.25, 0.3) is 0 Å². The van der Waals surface area contributed by atoms with Crippen molar-refractivity contribution in [2.75, 3.05) is 6.61 Å². The second kappa shape index (κ2) is 3.35. The number of aliphatic hydroxyl groups excluding tert-OH is 1. The Hall–Kier alpha value is -0.0800. The summed E-state index contributed by atoms with van der Waals surface area (Å²) in [5, 5.41) is 9.14. The molecule has 0 aliphatic heterocycles. The normalized spacial score (nSPS) is 32.4. The maximum absolute atomic E-state index is 9.14. The summed E-state index contributed by atoms with van der Waals surface area (Å²) in [5.74, 6) is 0.419. The highest BCUT2D eigenvalue weighted by Gasteiger charge is 2.28. The monoisotopic (exact) mass is 144 g/mol. The molecule has 60 valence electrons. The molecule has 1 fully saturated rings. The van der Waals surface area contributed by atoms with E-state index in [0.717, 1.165) is 19.4 Å². The van der Waals surface area contributed by atoms with E-state index >= 15 is 0 Å². The summed E-state index contributed by atoms with van der Waals surface area (Å²) in [7, 11) is 0. The Bertz CT molecular complexity index is 101. The number of ether oxygens (including phenoxy) is 1. The number of rotatable bonds is 3. The first-order valence-corrected chi connectivity index (χ1v) is 4.00. The Kier molecular flexibility index (Phi) is 2.69. The van der Waals surface area contributed by atoms with Gasteiger partial charge in [0.1, 0.15) is 0 Å². The molecule has 1 N–H and O–H groups in total. The van der Waals surface area contributed by atoms with Crippen LogP contribution in [0.5, 0.6) is 0 Å². The number of aliphatic hydroxyl groups is 1. The second-order valence-electron chi connectivity index (χ2n) is 3.29. The Labute approximate surface area is 62.2 Å². The summed E-state index contributed by atoms with van der Waals surface area (Å²) < 4.78 is 5.36. The topological polar surface area (TPSA) is 29.5 Å². The van der Waals surface area contributed by atoms with E-state index < -0.39 is 0 Å². The minimum atomic E-state index is -0.0845. The van der Waals surface area contributed by atoms with Gasteiger partial charge in [-0.3, -0.25) is 0 Å². The molecule has 10 heavy (non-hydrogen) atoms. The van der Waals surface area contributed by atoms with Gasteiger partial charge in [-0.2, -0.15) is 0 Å². The molecular formula is C8H16O2. The van der Waals surface area contributed by atoms with Crippen molar-refractivity contribution in [3.63, 3.8) is 0 Å². The van der Waals surface area contributed by atoms with Gasteiger partial charge >= 0.3 is 0 Å². The van der Waals surface area contributed by atoms with Gasteiger partial charge in [-0.15, -0.1) is 0 Å². The van der Waals surface area contributed by atoms with E-state index in [0.29, 0.717) is 12.0 Å². The van der Waals surface area contributed by atoms with Gasteiger partial charge in [0.25, 0.3) is 0 Å². The minimum absolute atomic E-state index is 0.0845. The van der Waals surface area contributed by atoms with E-state index in [2.05, 4.69) is 0 Å².